The SMILES string of the molecule is COc1ccc(C(=O)NN2C(=O)/C(=C\c3cc(Br)c(OCc4ccc(F)cc4)c(Br)c3)SC2=S)cc1. The second-order valence-corrected chi connectivity index (χ2v) is 10.8. The van der Waals surface area contributed by atoms with E-state index in [1.54, 1.807) is 54.6 Å². The number of thiocarbonyl (C=S) groups is 1. The first-order valence-electron chi connectivity index (χ1n) is 10.3. The first-order chi connectivity index (χ1) is 17.2. The van der Waals surface area contributed by atoms with Gasteiger partial charge < -0.3 is 9.47 Å². The van der Waals surface area contributed by atoms with Crippen molar-refractivity contribution in [3.63, 3.8) is 0 Å². The Morgan fingerprint density at radius 3 is 2.36 bits per heavy atom. The fourth-order valence-electron chi connectivity index (χ4n) is 3.16. The zero-order chi connectivity index (χ0) is 25.8. The molecule has 4 rings (SSSR count). The minimum absolute atomic E-state index is 0.213. The summed E-state index contributed by atoms with van der Waals surface area (Å²) in [6.45, 7) is 0.253. The number of halogens is 3. The molecule has 0 atom stereocenters. The van der Waals surface area contributed by atoms with E-state index in [1.165, 1.54) is 19.2 Å². The summed E-state index contributed by atoms with van der Waals surface area (Å²) in [5.74, 6) is -0.0321. The summed E-state index contributed by atoms with van der Waals surface area (Å²) >= 11 is 13.4. The number of hydrogen-bond donors (Lipinski definition) is 1. The third-order valence-electron chi connectivity index (χ3n) is 4.97. The van der Waals surface area contributed by atoms with Crippen molar-refractivity contribution in [2.45, 2.75) is 6.61 Å². The molecule has 2 amide bonds. The molecule has 1 N–H and O–H groups in total. The highest BCUT2D eigenvalue weighted by Crippen LogP contribution is 2.38. The number of amides is 2. The number of methoxy groups -OCH3 is 1. The maximum absolute atomic E-state index is 13.1. The molecule has 3 aromatic carbocycles. The summed E-state index contributed by atoms with van der Waals surface area (Å²) in [7, 11) is 1.53. The lowest BCUT2D eigenvalue weighted by atomic mass is 10.2. The lowest BCUT2D eigenvalue weighted by Crippen LogP contribution is -2.44. The number of rotatable bonds is 7. The Hall–Kier alpha value is -2.73. The Labute approximate surface area is 233 Å². The van der Waals surface area contributed by atoms with E-state index in [0.717, 1.165) is 22.3 Å². The fraction of sp³-hybridized carbons (Fsp3) is 0.0800. The van der Waals surface area contributed by atoms with E-state index in [1.807, 2.05) is 0 Å². The molecule has 1 saturated heterocycles. The molecule has 0 spiro atoms. The first-order valence-corrected chi connectivity index (χ1v) is 13.2. The van der Waals surface area contributed by atoms with Gasteiger partial charge in [0.15, 0.2) is 4.32 Å². The molecule has 1 fully saturated rings. The molecule has 0 radical (unpaired) electrons. The number of carbonyl (C=O) groups excluding carboxylic acids is 2. The van der Waals surface area contributed by atoms with Crippen LogP contribution in [0.5, 0.6) is 11.5 Å². The van der Waals surface area contributed by atoms with Crippen LogP contribution < -0.4 is 14.9 Å². The van der Waals surface area contributed by atoms with E-state index in [0.29, 0.717) is 36.5 Å². The fourth-order valence-corrected chi connectivity index (χ4v) is 5.79. The Bertz CT molecular complexity index is 1340. The number of carbonyl (C=O) groups is 2. The van der Waals surface area contributed by atoms with Crippen LogP contribution in [0.2, 0.25) is 0 Å². The predicted molar refractivity (Wildman–Crippen MR) is 148 cm³/mol. The van der Waals surface area contributed by atoms with Crippen molar-refractivity contribution < 1.29 is 23.5 Å². The largest absolute Gasteiger partial charge is 0.497 e. The molecule has 0 bridgehead atoms. The topological polar surface area (TPSA) is 67.9 Å². The second kappa shape index (κ2) is 11.5. The van der Waals surface area contributed by atoms with Crippen LogP contribution in [0.3, 0.4) is 0 Å². The number of nitrogens with zero attached hydrogens (tertiary/aromatic N) is 1. The zero-order valence-corrected chi connectivity index (χ0v) is 23.4. The number of ether oxygens (including phenoxy) is 2. The summed E-state index contributed by atoms with van der Waals surface area (Å²) in [4.78, 5) is 25.9. The molecule has 11 heteroatoms. The highest BCUT2D eigenvalue weighted by Gasteiger charge is 2.34. The minimum Gasteiger partial charge on any atom is -0.497 e. The molecule has 0 saturated carbocycles. The molecule has 0 unspecified atom stereocenters. The molecule has 0 aromatic heterocycles. The number of benzene rings is 3. The van der Waals surface area contributed by atoms with Gasteiger partial charge in [-0.2, -0.15) is 5.01 Å². The van der Waals surface area contributed by atoms with E-state index >= 15 is 0 Å². The molecule has 1 heterocycles. The molecule has 1 aliphatic heterocycles. The summed E-state index contributed by atoms with van der Waals surface area (Å²) in [6, 6.07) is 16.2. The smallest absolute Gasteiger partial charge is 0.285 e. The normalized spacial score (nSPS) is 14.3. The van der Waals surface area contributed by atoms with E-state index in [9.17, 15) is 14.0 Å². The molecule has 184 valence electrons. The van der Waals surface area contributed by atoms with Crippen LogP contribution in [0.15, 0.2) is 74.5 Å². The van der Waals surface area contributed by atoms with E-state index in [-0.39, 0.29) is 16.7 Å². The average molecular weight is 652 g/mol. The Morgan fingerprint density at radius 1 is 1.11 bits per heavy atom. The number of hydrazine groups is 1. The van der Waals surface area contributed by atoms with Gasteiger partial charge in [-0.05, 0) is 110 Å². The maximum atomic E-state index is 13.1. The minimum atomic E-state index is -0.469. The van der Waals surface area contributed by atoms with Gasteiger partial charge in [0, 0.05) is 5.56 Å². The summed E-state index contributed by atoms with van der Waals surface area (Å²) in [5, 5.41) is 1.06. The first kappa shape index (κ1) is 26.3. The van der Waals surface area contributed by atoms with Crippen molar-refractivity contribution in [2.75, 3.05) is 7.11 Å². The van der Waals surface area contributed by atoms with Crippen LogP contribution in [0, 0.1) is 5.82 Å². The third kappa shape index (κ3) is 6.15. The van der Waals surface area contributed by atoms with Gasteiger partial charge in [-0.3, -0.25) is 15.0 Å². The van der Waals surface area contributed by atoms with Gasteiger partial charge in [0.2, 0.25) is 0 Å². The van der Waals surface area contributed by atoms with Crippen LogP contribution in [0.25, 0.3) is 6.08 Å². The van der Waals surface area contributed by atoms with Gasteiger partial charge in [0.25, 0.3) is 11.8 Å². The third-order valence-corrected chi connectivity index (χ3v) is 7.45. The van der Waals surface area contributed by atoms with Gasteiger partial charge in [-0.25, -0.2) is 4.39 Å². The molecular weight excluding hydrogens is 635 g/mol. The summed E-state index contributed by atoms with van der Waals surface area (Å²) in [5.41, 5.74) is 4.45. The summed E-state index contributed by atoms with van der Waals surface area (Å²) in [6.07, 6.45) is 1.68. The lowest BCUT2D eigenvalue weighted by molar-refractivity contribution is -0.123. The molecule has 3 aromatic rings. The van der Waals surface area contributed by atoms with Gasteiger partial charge in [-0.15, -0.1) is 0 Å². The van der Waals surface area contributed by atoms with Gasteiger partial charge in [0.05, 0.1) is 21.0 Å². The Balaban J connectivity index is 1.46. The predicted octanol–water partition coefficient (Wildman–Crippen LogP) is 6.48. The number of hydrogen-bond acceptors (Lipinski definition) is 6. The van der Waals surface area contributed by atoms with Gasteiger partial charge >= 0.3 is 0 Å². The number of nitrogens with one attached hydrogen (secondary N) is 1. The molecule has 6 nitrogen and oxygen atoms in total. The monoisotopic (exact) mass is 650 g/mol. The van der Waals surface area contributed by atoms with E-state index < -0.39 is 11.8 Å². The molecule has 1 aliphatic rings. The van der Waals surface area contributed by atoms with Gasteiger partial charge in [0.1, 0.15) is 23.9 Å². The van der Waals surface area contributed by atoms with E-state index in [2.05, 4.69) is 37.3 Å². The Morgan fingerprint density at radius 2 is 1.75 bits per heavy atom. The average Bonchev–Trinajstić information content (AvgIpc) is 3.11. The lowest BCUT2D eigenvalue weighted by Gasteiger charge is -2.15. The highest BCUT2D eigenvalue weighted by molar-refractivity contribution is 9.11. The van der Waals surface area contributed by atoms with Crippen LogP contribution in [0.1, 0.15) is 21.5 Å². The molecule has 0 aliphatic carbocycles. The van der Waals surface area contributed by atoms with Crippen molar-refractivity contribution in [1.82, 2.24) is 10.4 Å². The van der Waals surface area contributed by atoms with Crippen molar-refractivity contribution in [3.8, 4) is 11.5 Å². The zero-order valence-electron chi connectivity index (χ0n) is 18.6. The van der Waals surface area contributed by atoms with E-state index in [4.69, 9.17) is 21.7 Å². The van der Waals surface area contributed by atoms with Crippen LogP contribution >= 0.6 is 55.8 Å². The maximum Gasteiger partial charge on any atom is 0.285 e. The van der Waals surface area contributed by atoms with Gasteiger partial charge in [-0.1, -0.05) is 23.9 Å². The van der Waals surface area contributed by atoms with Crippen molar-refractivity contribution >= 4 is 78.1 Å². The van der Waals surface area contributed by atoms with Crippen molar-refractivity contribution in [1.29, 1.82) is 0 Å². The Kier molecular flexibility index (Phi) is 8.45. The molecular formula is C25H17Br2FN2O4S2. The highest BCUT2D eigenvalue weighted by atomic mass is 79.9. The van der Waals surface area contributed by atoms with Crippen molar-refractivity contribution in [2.24, 2.45) is 0 Å². The summed E-state index contributed by atoms with van der Waals surface area (Å²) < 4.78 is 25.6. The molecule has 36 heavy (non-hydrogen) atoms. The number of thioether (sulfide) groups is 1. The standard InChI is InChI=1S/C25H17Br2FN2O4S2/c1-33-18-8-4-16(5-9-18)23(31)29-30-24(32)21(36-25(30)35)12-15-10-19(26)22(20(27)11-15)34-13-14-2-6-17(28)7-3-14/h2-12H,13H2,1H3,(H,29,31)/b21-12+. The van der Waals surface area contributed by atoms with Crippen LogP contribution in [-0.4, -0.2) is 28.3 Å². The quantitative estimate of drug-likeness (QED) is 0.233. The second-order valence-electron chi connectivity index (χ2n) is 7.42. The van der Waals surface area contributed by atoms with Crippen LogP contribution in [0.4, 0.5) is 4.39 Å². The van der Waals surface area contributed by atoms with Crippen molar-refractivity contribution in [3.05, 3.63) is 97.0 Å². The van der Waals surface area contributed by atoms with Crippen LogP contribution in [-0.2, 0) is 11.4 Å².